The molecule has 0 aliphatic rings. The number of benzene rings is 1. The lowest BCUT2D eigenvalue weighted by molar-refractivity contribution is -0.172. The Balaban J connectivity index is 2.44. The number of anilines is 2. The first kappa shape index (κ1) is 17.1. The molecule has 0 saturated heterocycles. The fourth-order valence-electron chi connectivity index (χ4n) is 1.57. The normalized spacial score (nSPS) is 11.2. The predicted molar refractivity (Wildman–Crippen MR) is 74.2 cm³/mol. The third kappa shape index (κ3) is 6.35. The van der Waals surface area contributed by atoms with E-state index in [1.165, 1.54) is 6.07 Å². The number of halogens is 3. The van der Waals surface area contributed by atoms with Crippen LogP contribution in [0.2, 0.25) is 0 Å². The van der Waals surface area contributed by atoms with Crippen LogP contribution in [0.3, 0.4) is 0 Å². The van der Waals surface area contributed by atoms with Gasteiger partial charge >= 0.3 is 6.18 Å². The molecule has 21 heavy (non-hydrogen) atoms. The monoisotopic (exact) mass is 305 g/mol. The van der Waals surface area contributed by atoms with E-state index in [1.54, 1.807) is 19.1 Å². The molecule has 118 valence electrons. The zero-order valence-corrected chi connectivity index (χ0v) is 11.6. The van der Waals surface area contributed by atoms with Crippen molar-refractivity contribution >= 4 is 17.3 Å². The van der Waals surface area contributed by atoms with Crippen LogP contribution in [0, 0.1) is 0 Å². The molecule has 0 atom stereocenters. The van der Waals surface area contributed by atoms with E-state index in [2.05, 4.69) is 15.4 Å². The molecule has 1 aromatic carbocycles. The molecule has 0 bridgehead atoms. The Hall–Kier alpha value is -1.96. The molecule has 0 fully saturated rings. The second-order valence-electron chi connectivity index (χ2n) is 4.26. The Morgan fingerprint density at radius 2 is 2.10 bits per heavy atom. The second kappa shape index (κ2) is 7.72. The third-order valence-corrected chi connectivity index (χ3v) is 2.48. The van der Waals surface area contributed by atoms with Crippen molar-refractivity contribution in [3.8, 4) is 0 Å². The number of nitrogen functional groups attached to an aromatic ring is 1. The first-order chi connectivity index (χ1) is 9.83. The fraction of sp³-hybridized carbons (Fsp3) is 0.462. The molecule has 0 aliphatic carbocycles. The fourth-order valence-corrected chi connectivity index (χ4v) is 1.57. The molecule has 1 amide bonds. The van der Waals surface area contributed by atoms with E-state index in [9.17, 15) is 18.0 Å². The lowest BCUT2D eigenvalue weighted by Crippen LogP contribution is -2.23. The van der Waals surface area contributed by atoms with Gasteiger partial charge in [-0.1, -0.05) is 0 Å². The zero-order chi connectivity index (χ0) is 15.9. The number of rotatable bonds is 7. The van der Waals surface area contributed by atoms with Gasteiger partial charge in [0, 0.05) is 18.7 Å². The Kier molecular flexibility index (Phi) is 6.29. The van der Waals surface area contributed by atoms with Crippen molar-refractivity contribution in [1.29, 1.82) is 0 Å². The predicted octanol–water partition coefficient (Wildman–Crippen LogP) is 2.01. The van der Waals surface area contributed by atoms with Crippen LogP contribution < -0.4 is 16.4 Å². The number of hydrogen-bond acceptors (Lipinski definition) is 4. The molecule has 0 spiro atoms. The number of hydrogen-bond donors (Lipinski definition) is 3. The summed E-state index contributed by atoms with van der Waals surface area (Å²) in [5, 5.41) is 5.49. The maximum absolute atomic E-state index is 11.8. The molecule has 0 heterocycles. The average Bonchev–Trinajstić information content (AvgIpc) is 2.39. The van der Waals surface area contributed by atoms with Crippen molar-refractivity contribution in [1.82, 2.24) is 5.32 Å². The van der Waals surface area contributed by atoms with Crippen LogP contribution in [0.1, 0.15) is 17.3 Å². The minimum atomic E-state index is -4.33. The van der Waals surface area contributed by atoms with Gasteiger partial charge in [0.15, 0.2) is 0 Å². The number of amides is 1. The summed E-state index contributed by atoms with van der Waals surface area (Å²) in [7, 11) is 0. The minimum absolute atomic E-state index is 0.100. The van der Waals surface area contributed by atoms with Crippen LogP contribution in [-0.2, 0) is 4.74 Å². The van der Waals surface area contributed by atoms with Gasteiger partial charge in [0.05, 0.1) is 18.0 Å². The van der Waals surface area contributed by atoms with Crippen molar-refractivity contribution in [2.75, 3.05) is 37.4 Å². The van der Waals surface area contributed by atoms with E-state index >= 15 is 0 Å². The first-order valence-electron chi connectivity index (χ1n) is 6.39. The lowest BCUT2D eigenvalue weighted by Gasteiger charge is -2.12. The summed E-state index contributed by atoms with van der Waals surface area (Å²) in [6, 6.07) is 4.69. The molecule has 8 heteroatoms. The van der Waals surface area contributed by atoms with Gasteiger partial charge in [0.1, 0.15) is 6.61 Å². The highest BCUT2D eigenvalue weighted by atomic mass is 19.4. The maximum atomic E-state index is 11.8. The summed E-state index contributed by atoms with van der Waals surface area (Å²) in [5.74, 6) is -0.232. The summed E-state index contributed by atoms with van der Waals surface area (Å²) in [6.07, 6.45) is -4.33. The highest BCUT2D eigenvalue weighted by Crippen LogP contribution is 2.20. The summed E-state index contributed by atoms with van der Waals surface area (Å²) in [5.41, 5.74) is 7.08. The maximum Gasteiger partial charge on any atom is 0.411 e. The SMILES string of the molecule is CCNC(=O)c1ccc(NCCOCC(F)(F)F)c(N)c1. The summed E-state index contributed by atoms with van der Waals surface area (Å²) < 4.78 is 40.0. The highest BCUT2D eigenvalue weighted by Gasteiger charge is 2.27. The Morgan fingerprint density at radius 1 is 1.38 bits per heavy atom. The molecule has 0 aliphatic heterocycles. The number of nitrogens with one attached hydrogen (secondary N) is 2. The number of alkyl halides is 3. The largest absolute Gasteiger partial charge is 0.411 e. The third-order valence-electron chi connectivity index (χ3n) is 2.48. The lowest BCUT2D eigenvalue weighted by atomic mass is 10.1. The van der Waals surface area contributed by atoms with Crippen LogP contribution in [0.25, 0.3) is 0 Å². The van der Waals surface area contributed by atoms with Crippen LogP contribution in [0.4, 0.5) is 24.5 Å². The highest BCUT2D eigenvalue weighted by molar-refractivity contribution is 5.96. The molecule has 0 saturated carbocycles. The van der Waals surface area contributed by atoms with Crippen molar-refractivity contribution in [3.05, 3.63) is 23.8 Å². The second-order valence-corrected chi connectivity index (χ2v) is 4.26. The van der Waals surface area contributed by atoms with Gasteiger partial charge < -0.3 is 21.1 Å². The number of carbonyl (C=O) groups is 1. The minimum Gasteiger partial charge on any atom is -0.397 e. The van der Waals surface area contributed by atoms with Crippen LogP contribution in [-0.4, -0.2) is 38.4 Å². The van der Waals surface area contributed by atoms with Crippen LogP contribution in [0.5, 0.6) is 0 Å². The number of nitrogens with two attached hydrogens (primary N) is 1. The van der Waals surface area contributed by atoms with E-state index in [4.69, 9.17) is 5.73 Å². The Bertz CT molecular complexity index is 478. The molecule has 1 rings (SSSR count). The summed E-state index contributed by atoms with van der Waals surface area (Å²) in [4.78, 5) is 11.6. The molecule has 5 nitrogen and oxygen atoms in total. The number of ether oxygens (including phenoxy) is 1. The van der Waals surface area contributed by atoms with Crippen molar-refractivity contribution in [2.24, 2.45) is 0 Å². The summed E-state index contributed by atoms with van der Waals surface area (Å²) >= 11 is 0. The standard InChI is InChI=1S/C13H18F3N3O2/c1-2-18-12(20)9-3-4-11(10(17)7-9)19-5-6-21-8-13(14,15)16/h3-4,7,19H,2,5-6,8,17H2,1H3,(H,18,20). The van der Waals surface area contributed by atoms with Gasteiger partial charge in [-0.3, -0.25) is 4.79 Å². The van der Waals surface area contributed by atoms with Gasteiger partial charge in [0.2, 0.25) is 0 Å². The molecule has 0 radical (unpaired) electrons. The smallest absolute Gasteiger partial charge is 0.397 e. The van der Waals surface area contributed by atoms with Gasteiger partial charge in [-0.25, -0.2) is 0 Å². The molecule has 1 aromatic rings. The Labute approximate surface area is 120 Å². The molecule has 0 aromatic heterocycles. The van der Waals surface area contributed by atoms with Gasteiger partial charge in [-0.05, 0) is 25.1 Å². The van der Waals surface area contributed by atoms with Crippen LogP contribution in [0.15, 0.2) is 18.2 Å². The van der Waals surface area contributed by atoms with Crippen LogP contribution >= 0.6 is 0 Å². The molecular formula is C13H18F3N3O2. The average molecular weight is 305 g/mol. The van der Waals surface area contributed by atoms with Crippen molar-refractivity contribution < 1.29 is 22.7 Å². The molecule has 4 N–H and O–H groups in total. The van der Waals surface area contributed by atoms with Crippen molar-refractivity contribution in [3.63, 3.8) is 0 Å². The Morgan fingerprint density at radius 3 is 2.67 bits per heavy atom. The zero-order valence-electron chi connectivity index (χ0n) is 11.6. The van der Waals surface area contributed by atoms with E-state index in [-0.39, 0.29) is 19.1 Å². The van der Waals surface area contributed by atoms with E-state index < -0.39 is 12.8 Å². The molecule has 0 unspecified atom stereocenters. The van der Waals surface area contributed by atoms with Gasteiger partial charge in [0.25, 0.3) is 5.91 Å². The topological polar surface area (TPSA) is 76.4 Å². The van der Waals surface area contributed by atoms with E-state index in [0.717, 1.165) is 0 Å². The van der Waals surface area contributed by atoms with E-state index in [1.807, 2.05) is 0 Å². The molecular weight excluding hydrogens is 287 g/mol. The van der Waals surface area contributed by atoms with Crippen molar-refractivity contribution in [2.45, 2.75) is 13.1 Å². The number of carbonyl (C=O) groups excluding carboxylic acids is 1. The van der Waals surface area contributed by atoms with Gasteiger partial charge in [-0.2, -0.15) is 13.2 Å². The van der Waals surface area contributed by atoms with E-state index in [0.29, 0.717) is 23.5 Å². The first-order valence-corrected chi connectivity index (χ1v) is 6.39. The quantitative estimate of drug-likeness (QED) is 0.532. The van der Waals surface area contributed by atoms with Gasteiger partial charge in [-0.15, -0.1) is 0 Å². The summed E-state index contributed by atoms with van der Waals surface area (Å²) in [6.45, 7) is 1.12.